The average molecular weight is 324 g/mol. The van der Waals surface area contributed by atoms with Gasteiger partial charge in [0.15, 0.2) is 12.4 Å². The summed E-state index contributed by atoms with van der Waals surface area (Å²) in [6.45, 7) is 5.30. The van der Waals surface area contributed by atoms with Crippen molar-refractivity contribution in [2.24, 2.45) is 0 Å². The number of halogens is 1. The van der Waals surface area contributed by atoms with Crippen LogP contribution in [-0.4, -0.2) is 34.6 Å². The minimum Gasteiger partial charge on any atom is -0.483 e. The van der Waals surface area contributed by atoms with Crippen molar-refractivity contribution < 1.29 is 14.1 Å². The van der Waals surface area contributed by atoms with Crippen LogP contribution in [0.3, 0.4) is 0 Å². The summed E-state index contributed by atoms with van der Waals surface area (Å²) < 4.78 is 10.6. The monoisotopic (exact) mass is 323 g/mol. The third-order valence-corrected chi connectivity index (χ3v) is 3.85. The first-order valence-electron chi connectivity index (χ1n) is 6.84. The van der Waals surface area contributed by atoms with E-state index in [2.05, 4.69) is 10.1 Å². The molecular weight excluding hydrogens is 306 g/mol. The van der Waals surface area contributed by atoms with Gasteiger partial charge in [-0.3, -0.25) is 4.79 Å². The van der Waals surface area contributed by atoms with Crippen LogP contribution in [0.1, 0.15) is 30.2 Å². The largest absolute Gasteiger partial charge is 0.483 e. The van der Waals surface area contributed by atoms with Crippen LogP contribution in [0.5, 0.6) is 5.75 Å². The maximum Gasteiger partial charge on any atom is 0.260 e. The van der Waals surface area contributed by atoms with Crippen molar-refractivity contribution in [3.05, 3.63) is 40.5 Å². The van der Waals surface area contributed by atoms with E-state index in [9.17, 15) is 4.79 Å². The number of rotatable bonds is 5. The molecule has 0 aliphatic heterocycles. The zero-order chi connectivity index (χ0) is 16.3. The topological polar surface area (TPSA) is 68.5 Å². The summed E-state index contributed by atoms with van der Waals surface area (Å²) in [5.41, 5.74) is 0.806. The predicted molar refractivity (Wildman–Crippen MR) is 81.9 cm³/mol. The number of carbonyl (C=O) groups excluding carboxylic acids is 1. The number of likely N-dealkylation sites (N-methyl/N-ethyl adjacent to an activating group) is 1. The molecule has 0 bridgehead atoms. The Kier molecular flexibility index (Phi) is 5.03. The Morgan fingerprint density at radius 1 is 1.45 bits per heavy atom. The molecular formula is C15H18ClN3O3. The first-order valence-corrected chi connectivity index (χ1v) is 7.21. The smallest absolute Gasteiger partial charge is 0.260 e. The number of hydrogen-bond donors (Lipinski definition) is 0. The second-order valence-corrected chi connectivity index (χ2v) is 5.42. The first kappa shape index (κ1) is 16.3. The van der Waals surface area contributed by atoms with E-state index in [1.807, 2.05) is 13.8 Å². The molecule has 1 aromatic carbocycles. The van der Waals surface area contributed by atoms with E-state index in [1.165, 1.54) is 4.90 Å². The van der Waals surface area contributed by atoms with Gasteiger partial charge >= 0.3 is 0 Å². The van der Waals surface area contributed by atoms with Gasteiger partial charge in [0.2, 0.25) is 5.89 Å². The lowest BCUT2D eigenvalue weighted by Gasteiger charge is -2.22. The molecule has 2 rings (SSSR count). The van der Waals surface area contributed by atoms with E-state index in [-0.39, 0.29) is 18.6 Å². The summed E-state index contributed by atoms with van der Waals surface area (Å²) in [4.78, 5) is 17.8. The minimum absolute atomic E-state index is 0.0882. The van der Waals surface area contributed by atoms with Crippen LogP contribution in [0.25, 0.3) is 0 Å². The maximum absolute atomic E-state index is 12.2. The van der Waals surface area contributed by atoms with Crippen molar-refractivity contribution in [3.8, 4) is 5.75 Å². The van der Waals surface area contributed by atoms with Gasteiger partial charge in [-0.25, -0.2) is 0 Å². The molecule has 0 saturated heterocycles. The lowest BCUT2D eigenvalue weighted by atomic mass is 10.2. The third-order valence-electron chi connectivity index (χ3n) is 3.44. The van der Waals surface area contributed by atoms with Crippen LogP contribution in [0, 0.1) is 13.8 Å². The van der Waals surface area contributed by atoms with Crippen molar-refractivity contribution in [1.82, 2.24) is 15.0 Å². The minimum atomic E-state index is -0.322. The highest BCUT2D eigenvalue weighted by atomic mass is 35.5. The molecule has 0 fully saturated rings. The summed E-state index contributed by atoms with van der Waals surface area (Å²) in [6, 6.07) is 5.01. The highest BCUT2D eigenvalue weighted by Crippen LogP contribution is 2.25. The van der Waals surface area contributed by atoms with Crippen LogP contribution in [0.15, 0.2) is 22.7 Å². The molecule has 2 aromatic rings. The first-order chi connectivity index (χ1) is 10.4. The number of aryl methyl sites for hydroxylation is 1. The quantitative estimate of drug-likeness (QED) is 0.846. The van der Waals surface area contributed by atoms with Crippen LogP contribution in [0.2, 0.25) is 5.02 Å². The Morgan fingerprint density at radius 2 is 2.18 bits per heavy atom. The fourth-order valence-electron chi connectivity index (χ4n) is 1.85. The summed E-state index contributed by atoms with van der Waals surface area (Å²) in [5.74, 6) is 1.33. The summed E-state index contributed by atoms with van der Waals surface area (Å²) >= 11 is 6.02. The van der Waals surface area contributed by atoms with Crippen molar-refractivity contribution in [3.63, 3.8) is 0 Å². The molecule has 118 valence electrons. The highest BCUT2D eigenvalue weighted by molar-refractivity contribution is 6.31. The van der Waals surface area contributed by atoms with E-state index < -0.39 is 0 Å². The second-order valence-electron chi connectivity index (χ2n) is 5.01. The zero-order valence-electron chi connectivity index (χ0n) is 13.0. The lowest BCUT2D eigenvalue weighted by Crippen LogP contribution is -2.33. The van der Waals surface area contributed by atoms with Crippen LogP contribution < -0.4 is 4.74 Å². The SMILES string of the molecule is Cc1noc(C(C)N(C)C(=O)COc2cccc(Cl)c2C)n1. The Hall–Kier alpha value is -2.08. The highest BCUT2D eigenvalue weighted by Gasteiger charge is 2.22. The number of nitrogens with zero attached hydrogens (tertiary/aromatic N) is 3. The lowest BCUT2D eigenvalue weighted by molar-refractivity contribution is -0.134. The molecule has 0 aliphatic rings. The Morgan fingerprint density at radius 3 is 2.82 bits per heavy atom. The Bertz CT molecular complexity index is 672. The summed E-state index contributed by atoms with van der Waals surface area (Å²) in [5, 5.41) is 4.33. The molecule has 0 N–H and O–H groups in total. The third kappa shape index (κ3) is 3.57. The summed E-state index contributed by atoms with van der Waals surface area (Å²) in [6.07, 6.45) is 0. The van der Waals surface area contributed by atoms with Crippen molar-refractivity contribution in [2.45, 2.75) is 26.8 Å². The van der Waals surface area contributed by atoms with Gasteiger partial charge in [-0.15, -0.1) is 0 Å². The number of aromatic nitrogens is 2. The Balaban J connectivity index is 1.98. The van der Waals surface area contributed by atoms with Gasteiger partial charge < -0.3 is 14.2 Å². The molecule has 1 amide bonds. The summed E-state index contributed by atoms with van der Waals surface area (Å²) in [7, 11) is 1.67. The van der Waals surface area contributed by atoms with Crippen LogP contribution in [-0.2, 0) is 4.79 Å². The zero-order valence-corrected chi connectivity index (χ0v) is 13.7. The van der Waals surface area contributed by atoms with E-state index in [1.54, 1.807) is 32.2 Å². The molecule has 7 heteroatoms. The van der Waals surface area contributed by atoms with Crippen LogP contribution in [0.4, 0.5) is 0 Å². The van der Waals surface area contributed by atoms with Crippen LogP contribution >= 0.6 is 11.6 Å². The number of ether oxygens (including phenoxy) is 1. The van der Waals surface area contributed by atoms with Gasteiger partial charge in [0.25, 0.3) is 5.91 Å². The van der Waals surface area contributed by atoms with E-state index in [0.29, 0.717) is 22.5 Å². The standard InChI is InChI=1S/C15H18ClN3O3/c1-9-12(16)6-5-7-13(9)21-8-14(20)19(4)10(2)15-17-11(3)18-22-15/h5-7,10H,8H2,1-4H3. The van der Waals surface area contributed by atoms with Crippen molar-refractivity contribution >= 4 is 17.5 Å². The van der Waals surface area contributed by atoms with Crippen molar-refractivity contribution in [2.75, 3.05) is 13.7 Å². The molecule has 0 spiro atoms. The molecule has 1 atom stereocenters. The van der Waals surface area contributed by atoms with Gasteiger partial charge in [-0.2, -0.15) is 4.98 Å². The molecule has 22 heavy (non-hydrogen) atoms. The number of benzene rings is 1. The molecule has 0 radical (unpaired) electrons. The molecule has 6 nitrogen and oxygen atoms in total. The molecule has 1 aromatic heterocycles. The average Bonchev–Trinajstić information content (AvgIpc) is 2.93. The number of carbonyl (C=O) groups is 1. The molecule has 1 unspecified atom stereocenters. The number of amides is 1. The van der Waals surface area contributed by atoms with Gasteiger partial charge in [0, 0.05) is 17.6 Å². The maximum atomic E-state index is 12.2. The van der Waals surface area contributed by atoms with E-state index in [0.717, 1.165) is 5.56 Å². The van der Waals surface area contributed by atoms with Gasteiger partial charge in [0.05, 0.1) is 0 Å². The van der Waals surface area contributed by atoms with Gasteiger partial charge in [0.1, 0.15) is 11.8 Å². The van der Waals surface area contributed by atoms with E-state index in [4.69, 9.17) is 20.9 Å². The Labute approximate surface area is 134 Å². The number of hydrogen-bond acceptors (Lipinski definition) is 5. The molecule has 1 heterocycles. The normalized spacial score (nSPS) is 12.0. The van der Waals surface area contributed by atoms with Crippen molar-refractivity contribution in [1.29, 1.82) is 0 Å². The predicted octanol–water partition coefficient (Wildman–Crippen LogP) is 2.94. The van der Waals surface area contributed by atoms with Gasteiger partial charge in [-0.05, 0) is 32.9 Å². The second kappa shape index (κ2) is 6.79. The molecule has 0 aliphatic carbocycles. The fourth-order valence-corrected chi connectivity index (χ4v) is 2.02. The molecule has 0 saturated carbocycles. The van der Waals surface area contributed by atoms with Gasteiger partial charge in [-0.1, -0.05) is 22.8 Å². The van der Waals surface area contributed by atoms with E-state index >= 15 is 0 Å². The fraction of sp³-hybridized carbons (Fsp3) is 0.400.